The number of carbonyl (C=O) groups is 1. The molecule has 2 aromatic heterocycles. The predicted molar refractivity (Wildman–Crippen MR) is 95.3 cm³/mol. The van der Waals surface area contributed by atoms with Crippen LogP contribution in [-0.2, 0) is 11.8 Å². The molecule has 1 fully saturated rings. The molecule has 0 unspecified atom stereocenters. The first-order chi connectivity index (χ1) is 11.9. The summed E-state index contributed by atoms with van der Waals surface area (Å²) in [5.41, 5.74) is 3.50. The Hall–Kier alpha value is -2.15. The highest BCUT2D eigenvalue weighted by molar-refractivity contribution is 5.94. The third-order valence-corrected chi connectivity index (χ3v) is 5.16. The zero-order valence-corrected chi connectivity index (χ0v) is 15.7. The second-order valence-electron chi connectivity index (χ2n) is 6.84. The molecule has 25 heavy (non-hydrogen) atoms. The van der Waals surface area contributed by atoms with Crippen molar-refractivity contribution in [2.24, 2.45) is 7.05 Å². The summed E-state index contributed by atoms with van der Waals surface area (Å²) < 4.78 is 6.97. The van der Waals surface area contributed by atoms with Crippen LogP contribution in [0.5, 0.6) is 0 Å². The lowest BCUT2D eigenvalue weighted by Crippen LogP contribution is -2.43. The van der Waals surface area contributed by atoms with E-state index >= 15 is 0 Å². The van der Waals surface area contributed by atoms with Crippen molar-refractivity contribution in [2.75, 3.05) is 11.9 Å². The molecule has 0 saturated carbocycles. The molecule has 7 nitrogen and oxygen atoms in total. The van der Waals surface area contributed by atoms with Gasteiger partial charge in [0.05, 0.1) is 11.7 Å². The average Bonchev–Trinajstić information content (AvgIpc) is 3.23. The number of amides is 1. The van der Waals surface area contributed by atoms with Crippen LogP contribution in [0.3, 0.4) is 0 Å². The Bertz CT molecular complexity index is 764. The number of anilines is 1. The van der Waals surface area contributed by atoms with E-state index in [0.717, 1.165) is 31.5 Å². The largest absolute Gasteiger partial charge is 0.360 e. The maximum Gasteiger partial charge on any atom is 0.242 e. The molecule has 0 bridgehead atoms. The highest BCUT2D eigenvalue weighted by Gasteiger charge is 2.37. The first-order valence-electron chi connectivity index (χ1n) is 8.92. The van der Waals surface area contributed by atoms with Gasteiger partial charge >= 0.3 is 0 Å². The molecule has 0 aromatic carbocycles. The van der Waals surface area contributed by atoms with E-state index < -0.39 is 0 Å². The minimum atomic E-state index is -0.191. The minimum Gasteiger partial charge on any atom is -0.360 e. The van der Waals surface area contributed by atoms with Gasteiger partial charge in [-0.05, 0) is 46.6 Å². The van der Waals surface area contributed by atoms with Crippen LogP contribution in [0.25, 0.3) is 0 Å². The van der Waals surface area contributed by atoms with E-state index in [1.54, 1.807) is 6.07 Å². The first kappa shape index (κ1) is 17.7. The van der Waals surface area contributed by atoms with Gasteiger partial charge in [0, 0.05) is 30.4 Å². The summed E-state index contributed by atoms with van der Waals surface area (Å²) in [5.74, 6) is 1.14. The minimum absolute atomic E-state index is 0.0260. The molecule has 136 valence electrons. The van der Waals surface area contributed by atoms with Gasteiger partial charge < -0.3 is 9.84 Å². The molecule has 0 spiro atoms. The number of nitrogens with zero attached hydrogens (tertiary/aromatic N) is 4. The molecule has 1 N–H and O–H groups in total. The molecule has 2 aromatic rings. The highest BCUT2D eigenvalue weighted by atomic mass is 16.5. The normalized spacial score (nSPS) is 19.3. The maximum absolute atomic E-state index is 12.8. The molecule has 0 aliphatic carbocycles. The van der Waals surface area contributed by atoms with Crippen LogP contribution in [-0.4, -0.2) is 38.3 Å². The number of nitrogens with one attached hydrogen (secondary N) is 1. The fraction of sp³-hybridized carbons (Fsp3) is 0.611. The highest BCUT2D eigenvalue weighted by Crippen LogP contribution is 2.37. The standard InChI is InChI=1S/C18H27N5O2/c1-6-14(18(24)19-16-10-11(2)25-21-16)23-9-7-8-15(23)17-12(3)20-22(5)13(17)4/h10,14-15H,6-9H2,1-5H3,(H,19,21,24)/t14-,15+/m1/s1. The third kappa shape index (κ3) is 3.33. The maximum atomic E-state index is 12.8. The summed E-state index contributed by atoms with van der Waals surface area (Å²) in [7, 11) is 1.97. The molecule has 7 heteroatoms. The molecule has 1 aliphatic rings. The molecular weight excluding hydrogens is 318 g/mol. The molecule has 2 atom stereocenters. The van der Waals surface area contributed by atoms with E-state index in [1.807, 2.05) is 18.7 Å². The third-order valence-electron chi connectivity index (χ3n) is 5.16. The fourth-order valence-electron chi connectivity index (χ4n) is 3.95. The number of hydrogen-bond donors (Lipinski definition) is 1. The van der Waals surface area contributed by atoms with Gasteiger partial charge in [-0.1, -0.05) is 12.1 Å². The van der Waals surface area contributed by atoms with Crippen molar-refractivity contribution in [3.63, 3.8) is 0 Å². The van der Waals surface area contributed by atoms with Crippen LogP contribution < -0.4 is 5.32 Å². The molecule has 1 amide bonds. The van der Waals surface area contributed by atoms with Crippen LogP contribution in [0.15, 0.2) is 10.6 Å². The average molecular weight is 345 g/mol. The van der Waals surface area contributed by atoms with Crippen LogP contribution in [0.4, 0.5) is 5.82 Å². The van der Waals surface area contributed by atoms with Crippen molar-refractivity contribution in [1.29, 1.82) is 0 Å². The van der Waals surface area contributed by atoms with Crippen LogP contribution in [0.2, 0.25) is 0 Å². The lowest BCUT2D eigenvalue weighted by Gasteiger charge is -2.31. The Morgan fingerprint density at radius 3 is 2.76 bits per heavy atom. The number of hydrogen-bond acceptors (Lipinski definition) is 5. The van der Waals surface area contributed by atoms with Crippen LogP contribution in [0.1, 0.15) is 54.9 Å². The summed E-state index contributed by atoms with van der Waals surface area (Å²) in [5, 5.41) is 11.3. The van der Waals surface area contributed by atoms with E-state index in [2.05, 4.69) is 41.2 Å². The number of carbonyl (C=O) groups excluding carboxylic acids is 1. The van der Waals surface area contributed by atoms with Crippen molar-refractivity contribution >= 4 is 11.7 Å². The number of likely N-dealkylation sites (tertiary alicyclic amines) is 1. The SMILES string of the molecule is CC[C@H](C(=O)Nc1cc(C)on1)N1CCC[C@H]1c1c(C)nn(C)c1C. The van der Waals surface area contributed by atoms with Gasteiger partial charge in [-0.2, -0.15) is 5.10 Å². The first-order valence-corrected chi connectivity index (χ1v) is 8.92. The van der Waals surface area contributed by atoms with E-state index in [4.69, 9.17) is 4.52 Å². The van der Waals surface area contributed by atoms with Crippen molar-refractivity contribution in [3.8, 4) is 0 Å². The molecule has 3 rings (SSSR count). The lowest BCUT2D eigenvalue weighted by molar-refractivity contribution is -0.121. The zero-order valence-electron chi connectivity index (χ0n) is 15.7. The zero-order chi connectivity index (χ0) is 18.1. The van der Waals surface area contributed by atoms with Crippen LogP contribution >= 0.6 is 0 Å². The van der Waals surface area contributed by atoms with Gasteiger partial charge in [0.25, 0.3) is 0 Å². The van der Waals surface area contributed by atoms with E-state index in [0.29, 0.717) is 11.6 Å². The Labute approximate surface area is 148 Å². The van der Waals surface area contributed by atoms with Gasteiger partial charge in [-0.15, -0.1) is 0 Å². The number of aromatic nitrogens is 3. The van der Waals surface area contributed by atoms with E-state index in [1.165, 1.54) is 11.3 Å². The second kappa shape index (κ2) is 7.00. The van der Waals surface area contributed by atoms with Crippen molar-refractivity contribution < 1.29 is 9.32 Å². The molecule has 1 saturated heterocycles. The Balaban J connectivity index is 1.82. The Morgan fingerprint density at radius 1 is 1.44 bits per heavy atom. The monoisotopic (exact) mass is 345 g/mol. The fourth-order valence-corrected chi connectivity index (χ4v) is 3.95. The molecular formula is C18H27N5O2. The van der Waals surface area contributed by atoms with Gasteiger partial charge in [0.2, 0.25) is 5.91 Å². The molecule has 3 heterocycles. The second-order valence-corrected chi connectivity index (χ2v) is 6.84. The van der Waals surface area contributed by atoms with Crippen molar-refractivity contribution in [2.45, 2.75) is 59.0 Å². The number of rotatable bonds is 5. The Kier molecular flexibility index (Phi) is 4.94. The summed E-state index contributed by atoms with van der Waals surface area (Å²) in [6.45, 7) is 8.94. The quantitative estimate of drug-likeness (QED) is 0.902. The molecule has 0 radical (unpaired) electrons. The van der Waals surface area contributed by atoms with Crippen molar-refractivity contribution in [1.82, 2.24) is 19.8 Å². The topological polar surface area (TPSA) is 76.2 Å². The lowest BCUT2D eigenvalue weighted by atomic mass is 10.0. The number of aryl methyl sites for hydroxylation is 3. The summed E-state index contributed by atoms with van der Waals surface area (Å²) >= 11 is 0. The van der Waals surface area contributed by atoms with Gasteiger partial charge in [0.1, 0.15) is 5.76 Å². The van der Waals surface area contributed by atoms with Crippen LogP contribution in [0, 0.1) is 20.8 Å². The van der Waals surface area contributed by atoms with Crippen molar-refractivity contribution in [3.05, 3.63) is 28.8 Å². The predicted octanol–water partition coefficient (Wildman–Crippen LogP) is 2.89. The van der Waals surface area contributed by atoms with E-state index in [-0.39, 0.29) is 18.0 Å². The summed E-state index contributed by atoms with van der Waals surface area (Å²) in [6.07, 6.45) is 2.89. The smallest absolute Gasteiger partial charge is 0.242 e. The summed E-state index contributed by atoms with van der Waals surface area (Å²) in [4.78, 5) is 15.2. The van der Waals surface area contributed by atoms with Gasteiger partial charge in [-0.25, -0.2) is 0 Å². The Morgan fingerprint density at radius 2 is 2.20 bits per heavy atom. The summed E-state index contributed by atoms with van der Waals surface area (Å²) in [6, 6.07) is 1.79. The van der Waals surface area contributed by atoms with Gasteiger partial charge in [-0.3, -0.25) is 14.4 Å². The molecule has 1 aliphatic heterocycles. The van der Waals surface area contributed by atoms with Gasteiger partial charge in [0.15, 0.2) is 5.82 Å². The van der Waals surface area contributed by atoms with E-state index in [9.17, 15) is 4.79 Å².